The maximum Gasteiger partial charge on any atom is 0.143 e. The minimum absolute atomic E-state index is 0.129. The van der Waals surface area contributed by atoms with Crippen LogP contribution in [0.5, 0.6) is 5.75 Å². The van der Waals surface area contributed by atoms with Crippen LogP contribution >= 0.6 is 0 Å². The molecular formula is C17H26N2O2. The second kappa shape index (κ2) is 5.85. The molecule has 0 amide bonds. The first-order valence-corrected chi connectivity index (χ1v) is 7.91. The Balaban J connectivity index is 1.67. The smallest absolute Gasteiger partial charge is 0.143 e. The monoisotopic (exact) mass is 290 g/mol. The number of hydrogen-bond acceptors (Lipinski definition) is 4. The van der Waals surface area contributed by atoms with Crippen molar-refractivity contribution in [1.29, 1.82) is 0 Å². The third-order valence-electron chi connectivity index (χ3n) is 4.33. The van der Waals surface area contributed by atoms with E-state index in [2.05, 4.69) is 49.2 Å². The molecule has 1 N–H and O–H groups in total. The van der Waals surface area contributed by atoms with Crippen molar-refractivity contribution in [1.82, 2.24) is 4.90 Å². The summed E-state index contributed by atoms with van der Waals surface area (Å²) < 4.78 is 11.4. The number of morpholine rings is 1. The van der Waals surface area contributed by atoms with Gasteiger partial charge in [0, 0.05) is 19.1 Å². The largest absolute Gasteiger partial charge is 0.484 e. The summed E-state index contributed by atoms with van der Waals surface area (Å²) in [5.74, 6) is 0.967. The van der Waals surface area contributed by atoms with Gasteiger partial charge in [-0.05, 0) is 44.9 Å². The van der Waals surface area contributed by atoms with E-state index in [1.807, 2.05) is 0 Å². The fourth-order valence-corrected chi connectivity index (χ4v) is 3.06. The lowest BCUT2D eigenvalue weighted by molar-refractivity contribution is 0.0203. The zero-order valence-electron chi connectivity index (χ0n) is 13.3. The predicted octanol–water partition coefficient (Wildman–Crippen LogP) is 2.53. The maximum absolute atomic E-state index is 6.01. The van der Waals surface area contributed by atoms with Gasteiger partial charge in [-0.2, -0.15) is 0 Å². The molecule has 2 aliphatic heterocycles. The number of anilines is 1. The van der Waals surface area contributed by atoms with Crippen molar-refractivity contribution in [3.8, 4) is 5.75 Å². The van der Waals surface area contributed by atoms with E-state index in [0.717, 1.165) is 50.7 Å². The van der Waals surface area contributed by atoms with Gasteiger partial charge >= 0.3 is 0 Å². The second-order valence-corrected chi connectivity index (χ2v) is 6.75. The van der Waals surface area contributed by atoms with Crippen molar-refractivity contribution < 1.29 is 9.47 Å². The summed E-state index contributed by atoms with van der Waals surface area (Å²) in [7, 11) is 0. The lowest BCUT2D eigenvalue weighted by Gasteiger charge is -2.34. The van der Waals surface area contributed by atoms with E-state index in [4.69, 9.17) is 9.47 Å². The summed E-state index contributed by atoms with van der Waals surface area (Å²) in [6.45, 7) is 11.2. The third kappa shape index (κ3) is 3.50. The van der Waals surface area contributed by atoms with Crippen LogP contribution in [0.15, 0.2) is 18.2 Å². The van der Waals surface area contributed by atoms with E-state index in [-0.39, 0.29) is 5.60 Å². The van der Waals surface area contributed by atoms with Crippen LogP contribution in [0.1, 0.15) is 26.3 Å². The normalized spacial score (nSPS) is 22.8. The van der Waals surface area contributed by atoms with E-state index >= 15 is 0 Å². The average Bonchev–Trinajstić information content (AvgIpc) is 2.48. The van der Waals surface area contributed by atoms with Gasteiger partial charge in [0.1, 0.15) is 11.4 Å². The van der Waals surface area contributed by atoms with E-state index < -0.39 is 0 Å². The van der Waals surface area contributed by atoms with Crippen molar-refractivity contribution in [2.24, 2.45) is 0 Å². The summed E-state index contributed by atoms with van der Waals surface area (Å²) in [5.41, 5.74) is 2.36. The number of benzene rings is 1. The van der Waals surface area contributed by atoms with Crippen LogP contribution in [-0.4, -0.2) is 49.4 Å². The Kier molecular flexibility index (Phi) is 4.09. The molecule has 0 spiro atoms. The van der Waals surface area contributed by atoms with Gasteiger partial charge in [-0.25, -0.2) is 0 Å². The first-order chi connectivity index (χ1) is 10.0. The Hall–Kier alpha value is -1.26. The molecule has 4 nitrogen and oxygen atoms in total. The number of nitrogens with one attached hydrogen (secondary N) is 1. The Labute approximate surface area is 127 Å². The van der Waals surface area contributed by atoms with Crippen LogP contribution in [0, 0.1) is 0 Å². The van der Waals surface area contributed by atoms with E-state index in [9.17, 15) is 0 Å². The number of rotatable bonds is 3. The molecule has 0 aliphatic carbocycles. The molecule has 0 saturated carbocycles. The summed E-state index contributed by atoms with van der Waals surface area (Å²) in [6.07, 6.45) is 1.07. The van der Waals surface area contributed by atoms with E-state index in [1.54, 1.807) is 0 Å². The van der Waals surface area contributed by atoms with Crippen LogP contribution in [-0.2, 0) is 11.2 Å². The van der Waals surface area contributed by atoms with Gasteiger partial charge in [-0.1, -0.05) is 6.07 Å². The second-order valence-electron chi connectivity index (χ2n) is 6.75. The fraction of sp³-hybridized carbons (Fsp3) is 0.647. The SMILES string of the molecule is CC(Cc1ccc2c(c1)NCC(C)(C)O2)N1CCOCC1. The molecule has 1 aromatic rings. The predicted molar refractivity (Wildman–Crippen MR) is 85.2 cm³/mol. The molecule has 1 aromatic carbocycles. The van der Waals surface area contributed by atoms with Gasteiger partial charge in [-0.3, -0.25) is 4.90 Å². The Morgan fingerprint density at radius 1 is 1.29 bits per heavy atom. The number of ether oxygens (including phenoxy) is 2. The van der Waals surface area contributed by atoms with Crippen molar-refractivity contribution in [3.63, 3.8) is 0 Å². The first kappa shape index (κ1) is 14.7. The fourth-order valence-electron chi connectivity index (χ4n) is 3.06. The third-order valence-corrected chi connectivity index (χ3v) is 4.33. The average molecular weight is 290 g/mol. The van der Waals surface area contributed by atoms with Gasteiger partial charge < -0.3 is 14.8 Å². The standard InChI is InChI=1S/C17H26N2O2/c1-13(19-6-8-20-9-7-19)10-14-4-5-16-15(11-14)18-12-17(2,3)21-16/h4-5,11,13,18H,6-10,12H2,1-3H3. The Morgan fingerprint density at radius 2 is 2.05 bits per heavy atom. The van der Waals surface area contributed by atoms with Crippen molar-refractivity contribution in [2.45, 2.75) is 38.8 Å². The molecule has 21 heavy (non-hydrogen) atoms. The summed E-state index contributed by atoms with van der Waals surface area (Å²) in [4.78, 5) is 2.51. The molecule has 2 aliphatic rings. The molecule has 4 heteroatoms. The van der Waals surface area contributed by atoms with Crippen molar-refractivity contribution >= 4 is 5.69 Å². The quantitative estimate of drug-likeness (QED) is 0.927. The molecular weight excluding hydrogens is 264 g/mol. The summed E-state index contributed by atoms with van der Waals surface area (Å²) in [6, 6.07) is 7.08. The summed E-state index contributed by atoms with van der Waals surface area (Å²) >= 11 is 0. The lowest BCUT2D eigenvalue weighted by Crippen LogP contribution is -2.43. The van der Waals surface area contributed by atoms with Gasteiger partial charge in [0.15, 0.2) is 0 Å². The van der Waals surface area contributed by atoms with E-state index in [1.165, 1.54) is 5.56 Å². The van der Waals surface area contributed by atoms with Crippen LogP contribution in [0.4, 0.5) is 5.69 Å². The molecule has 116 valence electrons. The zero-order chi connectivity index (χ0) is 14.9. The molecule has 3 rings (SSSR count). The first-order valence-electron chi connectivity index (χ1n) is 7.91. The van der Waals surface area contributed by atoms with Crippen molar-refractivity contribution in [2.75, 3.05) is 38.2 Å². The molecule has 1 saturated heterocycles. The molecule has 1 fully saturated rings. The molecule has 1 atom stereocenters. The highest BCUT2D eigenvalue weighted by Crippen LogP contribution is 2.33. The number of nitrogens with zero attached hydrogens (tertiary/aromatic N) is 1. The highest BCUT2D eigenvalue weighted by Gasteiger charge is 2.26. The Morgan fingerprint density at radius 3 is 2.81 bits per heavy atom. The molecule has 0 bridgehead atoms. The van der Waals surface area contributed by atoms with Crippen LogP contribution in [0.2, 0.25) is 0 Å². The van der Waals surface area contributed by atoms with Gasteiger partial charge in [0.25, 0.3) is 0 Å². The topological polar surface area (TPSA) is 33.7 Å². The van der Waals surface area contributed by atoms with Gasteiger partial charge in [0.2, 0.25) is 0 Å². The molecule has 0 aromatic heterocycles. The van der Waals surface area contributed by atoms with Crippen molar-refractivity contribution in [3.05, 3.63) is 23.8 Å². The van der Waals surface area contributed by atoms with Gasteiger partial charge in [-0.15, -0.1) is 0 Å². The minimum Gasteiger partial charge on any atom is -0.484 e. The molecule has 0 radical (unpaired) electrons. The minimum atomic E-state index is -0.129. The Bertz CT molecular complexity index is 496. The lowest BCUT2D eigenvalue weighted by atomic mass is 10.0. The van der Waals surface area contributed by atoms with Crippen LogP contribution in [0.3, 0.4) is 0 Å². The van der Waals surface area contributed by atoms with Gasteiger partial charge in [0.05, 0.1) is 25.4 Å². The highest BCUT2D eigenvalue weighted by atomic mass is 16.5. The molecule has 2 heterocycles. The number of hydrogen-bond donors (Lipinski definition) is 1. The van der Waals surface area contributed by atoms with Crippen LogP contribution in [0.25, 0.3) is 0 Å². The van der Waals surface area contributed by atoms with Crippen LogP contribution < -0.4 is 10.1 Å². The number of fused-ring (bicyclic) bond motifs is 1. The summed E-state index contributed by atoms with van der Waals surface area (Å²) in [5, 5.41) is 3.49. The zero-order valence-corrected chi connectivity index (χ0v) is 13.3. The highest BCUT2D eigenvalue weighted by molar-refractivity contribution is 5.60. The van der Waals surface area contributed by atoms with E-state index in [0.29, 0.717) is 6.04 Å². The molecule has 1 unspecified atom stereocenters. The maximum atomic E-state index is 6.01.